The monoisotopic (exact) mass is 153 g/mol. The molecule has 0 aromatic heterocycles. The molecule has 2 atom stereocenters. The third-order valence-corrected chi connectivity index (χ3v) is 2.22. The van der Waals surface area contributed by atoms with Crippen molar-refractivity contribution in [2.45, 2.75) is 18.5 Å². The lowest BCUT2D eigenvalue weighted by molar-refractivity contribution is -0.117. The van der Waals surface area contributed by atoms with Crippen molar-refractivity contribution in [3.63, 3.8) is 0 Å². The number of hydrogen-bond donors (Lipinski definition) is 0. The smallest absolute Gasteiger partial charge is 0.143 e. The van der Waals surface area contributed by atoms with E-state index in [0.717, 1.165) is 12.6 Å². The Labute approximate surface area is 65.7 Å². The summed E-state index contributed by atoms with van der Waals surface area (Å²) in [4.78, 5) is 22.7. The average molecular weight is 153 g/mol. The summed E-state index contributed by atoms with van der Waals surface area (Å²) in [6.07, 6.45) is 5.15. The molecule has 0 N–H and O–H groups in total. The second-order valence-electron chi connectivity index (χ2n) is 2.94. The molecule has 0 radical (unpaired) electrons. The highest BCUT2D eigenvalue weighted by molar-refractivity contribution is 5.73. The van der Waals surface area contributed by atoms with Gasteiger partial charge in [0.25, 0.3) is 0 Å². The molecule has 0 aromatic carbocycles. The van der Waals surface area contributed by atoms with Crippen LogP contribution in [0.4, 0.5) is 0 Å². The molecule has 0 spiro atoms. The third-order valence-electron chi connectivity index (χ3n) is 2.22. The minimum atomic E-state index is -0.592. The molecule has 0 aliphatic carbocycles. The molecular formula is C8H11NO2. The Morgan fingerprint density at radius 2 is 2.18 bits per heavy atom. The van der Waals surface area contributed by atoms with Gasteiger partial charge in [-0.05, 0) is 14.0 Å². The van der Waals surface area contributed by atoms with Crippen molar-refractivity contribution in [1.29, 1.82) is 0 Å². The summed E-state index contributed by atoms with van der Waals surface area (Å²) in [5, 5.41) is 0. The number of aldehydes is 2. The van der Waals surface area contributed by atoms with E-state index in [2.05, 4.69) is 0 Å². The second-order valence-corrected chi connectivity index (χ2v) is 2.94. The van der Waals surface area contributed by atoms with Gasteiger partial charge in [-0.15, -0.1) is 0 Å². The minimum Gasteiger partial charge on any atom is -0.301 e. The highest BCUT2D eigenvalue weighted by Gasteiger charge is 2.34. The molecule has 1 aliphatic rings. The molecule has 0 saturated carbocycles. The van der Waals surface area contributed by atoms with E-state index in [-0.39, 0.29) is 6.04 Å². The zero-order valence-electron chi connectivity index (χ0n) is 6.65. The first-order valence-electron chi connectivity index (χ1n) is 3.48. The zero-order valence-corrected chi connectivity index (χ0v) is 6.65. The summed E-state index contributed by atoms with van der Waals surface area (Å²) < 4.78 is 0. The number of likely N-dealkylation sites (N-methyl/N-ethyl adjacent to an activating group) is 1. The van der Waals surface area contributed by atoms with E-state index in [1.165, 1.54) is 0 Å². The molecule has 0 fully saturated rings. The van der Waals surface area contributed by atoms with Gasteiger partial charge < -0.3 is 9.59 Å². The van der Waals surface area contributed by atoms with Crippen LogP contribution in [0.3, 0.4) is 0 Å². The molecule has 0 amide bonds. The fraction of sp³-hybridized carbons (Fsp3) is 0.500. The van der Waals surface area contributed by atoms with Gasteiger partial charge in [-0.25, -0.2) is 0 Å². The van der Waals surface area contributed by atoms with Crippen LogP contribution in [0.15, 0.2) is 12.2 Å². The van der Waals surface area contributed by atoms with Crippen LogP contribution in [-0.2, 0) is 9.59 Å². The molecule has 1 rings (SSSR count). The first kappa shape index (κ1) is 8.14. The van der Waals surface area contributed by atoms with Crippen molar-refractivity contribution in [3.8, 4) is 0 Å². The first-order chi connectivity index (χ1) is 5.14. The average Bonchev–Trinajstić information content (AvgIpc) is 2.31. The Bertz CT molecular complexity index is 212. The second kappa shape index (κ2) is 2.58. The fourth-order valence-electron chi connectivity index (χ4n) is 1.12. The van der Waals surface area contributed by atoms with Crippen LogP contribution in [0.2, 0.25) is 0 Å². The summed E-state index contributed by atoms with van der Waals surface area (Å²) >= 11 is 0. The lowest BCUT2D eigenvalue weighted by Gasteiger charge is -2.27. The van der Waals surface area contributed by atoms with Crippen molar-refractivity contribution < 1.29 is 9.59 Å². The van der Waals surface area contributed by atoms with Crippen molar-refractivity contribution in [2.75, 3.05) is 7.05 Å². The highest BCUT2D eigenvalue weighted by atomic mass is 16.1. The van der Waals surface area contributed by atoms with Gasteiger partial charge in [0.15, 0.2) is 0 Å². The van der Waals surface area contributed by atoms with E-state index in [1.807, 2.05) is 0 Å². The maximum atomic E-state index is 10.6. The van der Waals surface area contributed by atoms with Crippen LogP contribution in [0.5, 0.6) is 0 Å². The predicted octanol–water partition coefficient (Wildman–Crippen LogP) is 0.0131. The molecule has 2 unspecified atom stereocenters. The van der Waals surface area contributed by atoms with Crippen LogP contribution in [0, 0.1) is 0 Å². The van der Waals surface area contributed by atoms with Gasteiger partial charge in [-0.3, -0.25) is 4.90 Å². The molecule has 0 aromatic rings. The molecule has 1 aliphatic heterocycles. The quantitative estimate of drug-likeness (QED) is 0.414. The Morgan fingerprint density at radius 1 is 1.55 bits per heavy atom. The standard InChI is InChI=1S/C8H11NO2/c1-8(6-11)4-3-7(5-10)9(8)2/h3-7H,1-2H3. The normalized spacial score (nSPS) is 37.5. The fourth-order valence-corrected chi connectivity index (χ4v) is 1.12. The molecule has 1 heterocycles. The van der Waals surface area contributed by atoms with E-state index in [1.54, 1.807) is 31.0 Å². The van der Waals surface area contributed by atoms with E-state index in [4.69, 9.17) is 0 Å². The van der Waals surface area contributed by atoms with Crippen molar-refractivity contribution in [3.05, 3.63) is 12.2 Å². The zero-order chi connectivity index (χ0) is 8.48. The van der Waals surface area contributed by atoms with Gasteiger partial charge in [0.2, 0.25) is 0 Å². The molecule has 3 nitrogen and oxygen atoms in total. The number of rotatable bonds is 2. The number of carbonyl (C=O) groups excluding carboxylic acids is 2. The van der Waals surface area contributed by atoms with Crippen LogP contribution in [0.1, 0.15) is 6.92 Å². The van der Waals surface area contributed by atoms with Gasteiger partial charge in [0, 0.05) is 0 Å². The van der Waals surface area contributed by atoms with Gasteiger partial charge in [0.05, 0.1) is 11.6 Å². The van der Waals surface area contributed by atoms with Crippen molar-refractivity contribution in [2.24, 2.45) is 0 Å². The molecule has 0 bridgehead atoms. The van der Waals surface area contributed by atoms with Crippen LogP contribution in [-0.4, -0.2) is 36.1 Å². The first-order valence-corrected chi connectivity index (χ1v) is 3.48. The third kappa shape index (κ3) is 1.12. The maximum Gasteiger partial charge on any atom is 0.143 e. The van der Waals surface area contributed by atoms with Gasteiger partial charge in [-0.2, -0.15) is 0 Å². The van der Waals surface area contributed by atoms with Crippen LogP contribution in [0.25, 0.3) is 0 Å². The lowest BCUT2D eigenvalue weighted by Crippen LogP contribution is -2.44. The van der Waals surface area contributed by atoms with Crippen LogP contribution >= 0.6 is 0 Å². The summed E-state index contributed by atoms with van der Waals surface area (Å²) in [5.74, 6) is 0. The molecule has 3 heteroatoms. The van der Waals surface area contributed by atoms with Gasteiger partial charge in [-0.1, -0.05) is 12.2 Å². The number of carbonyl (C=O) groups is 2. The van der Waals surface area contributed by atoms with Crippen molar-refractivity contribution >= 4 is 12.6 Å². The van der Waals surface area contributed by atoms with E-state index < -0.39 is 5.54 Å². The SMILES string of the molecule is CN1C(C=O)C=CC1(C)C=O. The summed E-state index contributed by atoms with van der Waals surface area (Å²) in [6.45, 7) is 1.78. The molecule has 0 saturated heterocycles. The molecular weight excluding hydrogens is 142 g/mol. The van der Waals surface area contributed by atoms with E-state index in [0.29, 0.717) is 0 Å². The summed E-state index contributed by atoms with van der Waals surface area (Å²) in [6, 6.07) is -0.245. The summed E-state index contributed by atoms with van der Waals surface area (Å²) in [5.41, 5.74) is -0.592. The van der Waals surface area contributed by atoms with Gasteiger partial charge in [0.1, 0.15) is 12.6 Å². The topological polar surface area (TPSA) is 37.4 Å². The minimum absolute atomic E-state index is 0.245. The van der Waals surface area contributed by atoms with E-state index >= 15 is 0 Å². The Balaban J connectivity index is 2.85. The van der Waals surface area contributed by atoms with Crippen LogP contribution < -0.4 is 0 Å². The van der Waals surface area contributed by atoms with Crippen molar-refractivity contribution in [1.82, 2.24) is 4.90 Å². The number of hydrogen-bond acceptors (Lipinski definition) is 3. The maximum absolute atomic E-state index is 10.6. The highest BCUT2D eigenvalue weighted by Crippen LogP contribution is 2.21. The Kier molecular flexibility index (Phi) is 1.91. The number of nitrogens with zero attached hydrogens (tertiary/aromatic N) is 1. The van der Waals surface area contributed by atoms with Gasteiger partial charge >= 0.3 is 0 Å². The largest absolute Gasteiger partial charge is 0.301 e. The predicted molar refractivity (Wildman–Crippen MR) is 41.2 cm³/mol. The Hall–Kier alpha value is -0.960. The molecule has 60 valence electrons. The molecule has 11 heavy (non-hydrogen) atoms. The Morgan fingerprint density at radius 3 is 2.45 bits per heavy atom. The van der Waals surface area contributed by atoms with E-state index in [9.17, 15) is 9.59 Å². The summed E-state index contributed by atoms with van der Waals surface area (Å²) in [7, 11) is 1.76. The lowest BCUT2D eigenvalue weighted by atomic mass is 10.1.